The Morgan fingerprint density at radius 1 is 1.18 bits per heavy atom. The molecule has 0 spiro atoms. The van der Waals surface area contributed by atoms with Gasteiger partial charge in [-0.25, -0.2) is 24.3 Å². The van der Waals surface area contributed by atoms with Gasteiger partial charge in [-0.2, -0.15) is 0 Å². The van der Waals surface area contributed by atoms with Gasteiger partial charge in [0.15, 0.2) is 0 Å². The number of nitrogens with zero attached hydrogens (tertiary/aromatic N) is 2. The molecular formula is C16H15FN4O. The fraction of sp³-hybridized carbons (Fsp3) is 0.125. The number of para-hydroxylation sites is 2. The SMILES string of the molecule is C[C@H](NC(=O)Nn1cnc2ccccc21)c1ccc(F)cc1. The molecule has 2 aromatic carbocycles. The number of hydrogen-bond donors (Lipinski definition) is 2. The van der Waals surface area contributed by atoms with E-state index in [1.807, 2.05) is 31.2 Å². The molecule has 0 saturated heterocycles. The first-order valence-corrected chi connectivity index (χ1v) is 6.88. The summed E-state index contributed by atoms with van der Waals surface area (Å²) in [5, 5.41) is 2.80. The maximum Gasteiger partial charge on any atom is 0.334 e. The van der Waals surface area contributed by atoms with Gasteiger partial charge in [0.1, 0.15) is 12.1 Å². The van der Waals surface area contributed by atoms with Gasteiger partial charge in [0.05, 0.1) is 17.1 Å². The highest BCUT2D eigenvalue weighted by Crippen LogP contribution is 2.13. The van der Waals surface area contributed by atoms with Crippen molar-refractivity contribution in [2.75, 3.05) is 5.43 Å². The molecule has 0 aliphatic rings. The second kappa shape index (κ2) is 5.85. The van der Waals surface area contributed by atoms with E-state index in [4.69, 9.17) is 0 Å². The summed E-state index contributed by atoms with van der Waals surface area (Å²) in [5.41, 5.74) is 5.15. The molecule has 0 saturated carbocycles. The zero-order valence-electron chi connectivity index (χ0n) is 12.0. The number of carbonyl (C=O) groups is 1. The maximum absolute atomic E-state index is 12.9. The topological polar surface area (TPSA) is 59.0 Å². The molecule has 1 heterocycles. The maximum atomic E-state index is 12.9. The van der Waals surface area contributed by atoms with Crippen LogP contribution in [0, 0.1) is 5.82 Å². The smallest absolute Gasteiger partial charge is 0.330 e. The number of imidazole rings is 1. The third kappa shape index (κ3) is 2.90. The second-order valence-corrected chi connectivity index (χ2v) is 4.96. The van der Waals surface area contributed by atoms with Gasteiger partial charge in [-0.05, 0) is 36.8 Å². The van der Waals surface area contributed by atoms with Crippen molar-refractivity contribution in [2.45, 2.75) is 13.0 Å². The molecule has 0 aliphatic heterocycles. The summed E-state index contributed by atoms with van der Waals surface area (Å²) in [6.45, 7) is 1.83. The molecule has 112 valence electrons. The van der Waals surface area contributed by atoms with Gasteiger partial charge in [0.25, 0.3) is 0 Å². The van der Waals surface area contributed by atoms with E-state index in [2.05, 4.69) is 15.7 Å². The average Bonchev–Trinajstić information content (AvgIpc) is 2.91. The van der Waals surface area contributed by atoms with E-state index in [1.165, 1.54) is 12.1 Å². The van der Waals surface area contributed by atoms with Crippen LogP contribution in [-0.2, 0) is 0 Å². The number of amides is 2. The lowest BCUT2D eigenvalue weighted by Crippen LogP contribution is -2.35. The Balaban J connectivity index is 1.68. The zero-order valence-corrected chi connectivity index (χ0v) is 12.0. The molecule has 2 amide bonds. The normalized spacial score (nSPS) is 12.1. The molecule has 2 N–H and O–H groups in total. The Morgan fingerprint density at radius 3 is 2.68 bits per heavy atom. The molecule has 0 radical (unpaired) electrons. The Morgan fingerprint density at radius 2 is 1.91 bits per heavy atom. The van der Waals surface area contributed by atoms with Crippen LogP contribution in [0.5, 0.6) is 0 Å². The number of fused-ring (bicyclic) bond motifs is 1. The summed E-state index contributed by atoms with van der Waals surface area (Å²) < 4.78 is 14.5. The number of halogens is 1. The molecule has 0 unspecified atom stereocenters. The lowest BCUT2D eigenvalue weighted by Gasteiger charge is -2.15. The zero-order chi connectivity index (χ0) is 15.5. The highest BCUT2D eigenvalue weighted by Gasteiger charge is 2.10. The van der Waals surface area contributed by atoms with E-state index in [0.717, 1.165) is 16.6 Å². The van der Waals surface area contributed by atoms with Gasteiger partial charge in [0, 0.05) is 0 Å². The third-order valence-electron chi connectivity index (χ3n) is 3.39. The van der Waals surface area contributed by atoms with Crippen LogP contribution < -0.4 is 10.7 Å². The van der Waals surface area contributed by atoms with Gasteiger partial charge >= 0.3 is 6.03 Å². The van der Waals surface area contributed by atoms with Crippen molar-refractivity contribution in [3.05, 3.63) is 66.2 Å². The molecule has 1 atom stereocenters. The van der Waals surface area contributed by atoms with Gasteiger partial charge < -0.3 is 5.32 Å². The van der Waals surface area contributed by atoms with Gasteiger partial charge in [-0.15, -0.1) is 0 Å². The Bertz CT molecular complexity index is 797. The fourth-order valence-corrected chi connectivity index (χ4v) is 2.22. The number of hydrogen-bond acceptors (Lipinski definition) is 2. The average molecular weight is 298 g/mol. The predicted molar refractivity (Wildman–Crippen MR) is 82.4 cm³/mol. The number of nitrogens with one attached hydrogen (secondary N) is 2. The largest absolute Gasteiger partial charge is 0.334 e. The molecule has 6 heteroatoms. The quantitative estimate of drug-likeness (QED) is 0.780. The van der Waals surface area contributed by atoms with E-state index in [0.29, 0.717) is 0 Å². The number of carbonyl (C=O) groups excluding carboxylic acids is 1. The monoisotopic (exact) mass is 298 g/mol. The lowest BCUT2D eigenvalue weighted by atomic mass is 10.1. The highest BCUT2D eigenvalue weighted by atomic mass is 19.1. The molecule has 0 bridgehead atoms. The number of benzene rings is 2. The first-order valence-electron chi connectivity index (χ1n) is 6.88. The second-order valence-electron chi connectivity index (χ2n) is 4.96. The van der Waals surface area contributed by atoms with Crippen LogP contribution in [-0.4, -0.2) is 15.7 Å². The predicted octanol–water partition coefficient (Wildman–Crippen LogP) is 3.19. The van der Waals surface area contributed by atoms with Gasteiger partial charge in [0.2, 0.25) is 0 Å². The van der Waals surface area contributed by atoms with Crippen LogP contribution in [0.15, 0.2) is 54.9 Å². The van der Waals surface area contributed by atoms with E-state index >= 15 is 0 Å². The van der Waals surface area contributed by atoms with Gasteiger partial charge in [-0.3, -0.25) is 0 Å². The number of rotatable bonds is 3. The summed E-state index contributed by atoms with van der Waals surface area (Å²) in [5.74, 6) is -0.301. The van der Waals surface area contributed by atoms with Crippen molar-refractivity contribution >= 4 is 17.1 Å². The first kappa shape index (κ1) is 14.1. The van der Waals surface area contributed by atoms with Crippen LogP contribution in [0.1, 0.15) is 18.5 Å². The van der Waals surface area contributed by atoms with Crippen LogP contribution >= 0.6 is 0 Å². The Labute approximate surface area is 126 Å². The molecular weight excluding hydrogens is 283 g/mol. The Kier molecular flexibility index (Phi) is 3.74. The summed E-state index contributed by atoms with van der Waals surface area (Å²) >= 11 is 0. The molecule has 5 nitrogen and oxygen atoms in total. The molecule has 3 aromatic rings. The van der Waals surface area contributed by atoms with Gasteiger partial charge in [-0.1, -0.05) is 24.3 Å². The van der Waals surface area contributed by atoms with Crippen molar-refractivity contribution in [2.24, 2.45) is 0 Å². The molecule has 0 aliphatic carbocycles. The van der Waals surface area contributed by atoms with Crippen LogP contribution in [0.25, 0.3) is 11.0 Å². The van der Waals surface area contributed by atoms with E-state index in [1.54, 1.807) is 23.1 Å². The minimum absolute atomic E-state index is 0.240. The summed E-state index contributed by atoms with van der Waals surface area (Å²) in [4.78, 5) is 16.3. The highest BCUT2D eigenvalue weighted by molar-refractivity contribution is 5.85. The third-order valence-corrected chi connectivity index (χ3v) is 3.39. The minimum Gasteiger partial charge on any atom is -0.330 e. The van der Waals surface area contributed by atoms with E-state index < -0.39 is 0 Å². The lowest BCUT2D eigenvalue weighted by molar-refractivity contribution is 0.247. The van der Waals surface area contributed by atoms with Crippen molar-refractivity contribution in [1.82, 2.24) is 15.0 Å². The number of aromatic nitrogens is 2. The summed E-state index contributed by atoms with van der Waals surface area (Å²) in [6.07, 6.45) is 1.55. The summed E-state index contributed by atoms with van der Waals surface area (Å²) in [6, 6.07) is 12.9. The van der Waals surface area contributed by atoms with Crippen LogP contribution in [0.3, 0.4) is 0 Å². The number of urea groups is 1. The van der Waals surface area contributed by atoms with Crippen LogP contribution in [0.2, 0.25) is 0 Å². The Hall–Kier alpha value is -2.89. The van der Waals surface area contributed by atoms with Crippen molar-refractivity contribution in [1.29, 1.82) is 0 Å². The molecule has 3 rings (SSSR count). The minimum atomic E-state index is -0.361. The summed E-state index contributed by atoms with van der Waals surface area (Å²) in [7, 11) is 0. The van der Waals surface area contributed by atoms with E-state index in [9.17, 15) is 9.18 Å². The molecule has 22 heavy (non-hydrogen) atoms. The van der Waals surface area contributed by atoms with Crippen LogP contribution in [0.4, 0.5) is 9.18 Å². The van der Waals surface area contributed by atoms with Crippen molar-refractivity contribution in [3.63, 3.8) is 0 Å². The van der Waals surface area contributed by atoms with Crippen molar-refractivity contribution in [3.8, 4) is 0 Å². The standard InChI is InChI=1S/C16H15FN4O/c1-11(12-6-8-13(17)9-7-12)19-16(22)20-21-10-18-14-4-2-3-5-15(14)21/h2-11H,1H3,(H2,19,20,22)/t11-/m0/s1. The fourth-order valence-electron chi connectivity index (χ4n) is 2.22. The molecule has 0 fully saturated rings. The van der Waals surface area contributed by atoms with E-state index in [-0.39, 0.29) is 17.9 Å². The van der Waals surface area contributed by atoms with Crippen molar-refractivity contribution < 1.29 is 9.18 Å². The molecule has 1 aromatic heterocycles. The first-order chi connectivity index (χ1) is 10.6.